The van der Waals surface area contributed by atoms with Crippen LogP contribution in [0.3, 0.4) is 0 Å². The average molecular weight is 537 g/mol. The number of aldehydes is 1. The molecule has 1 aromatic carbocycles. The summed E-state index contributed by atoms with van der Waals surface area (Å²) in [6.07, 6.45) is 2.64. The number of rotatable bonds is 1. The van der Waals surface area contributed by atoms with E-state index in [0.29, 0.717) is 0 Å². The second kappa shape index (κ2) is 15.5. The second-order valence-electron chi connectivity index (χ2n) is 3.99. The van der Waals surface area contributed by atoms with E-state index >= 15 is 0 Å². The molecule has 20 heavy (non-hydrogen) atoms. The van der Waals surface area contributed by atoms with Gasteiger partial charge in [0.15, 0.2) is 0 Å². The maximum absolute atomic E-state index is 10.7. The Hall–Kier alpha value is 0.116. The first-order chi connectivity index (χ1) is 9.13. The summed E-state index contributed by atoms with van der Waals surface area (Å²) < 4.78 is 11.8. The molecule has 0 unspecified atom stereocenters. The maximum Gasteiger partial charge on any atom is 2.00 e. The number of hydrogen-bond acceptors (Lipinski definition) is 2. The van der Waals surface area contributed by atoms with Crippen molar-refractivity contribution in [1.29, 1.82) is 0 Å². The van der Waals surface area contributed by atoms with Crippen LogP contribution >= 0.6 is 15.9 Å². The Kier molecular flexibility index (Phi) is 17.4. The third kappa shape index (κ3) is 13.1. The third-order valence-corrected chi connectivity index (χ3v) is 4.21. The van der Waals surface area contributed by atoms with Crippen molar-refractivity contribution in [1.82, 2.24) is 0 Å². The van der Waals surface area contributed by atoms with Crippen molar-refractivity contribution in [3.8, 4) is 0 Å². The first kappa shape index (κ1) is 22.4. The topological polar surface area (TPSA) is 48.2 Å². The van der Waals surface area contributed by atoms with Crippen LogP contribution in [0.1, 0.15) is 12.8 Å². The fraction of sp³-hybridized carbons (Fsp3) is 0.500. The van der Waals surface area contributed by atoms with Gasteiger partial charge in [0.2, 0.25) is 0 Å². The average Bonchev–Trinajstić information content (AvgIpc) is 2.42. The zero-order chi connectivity index (χ0) is 14.5. The Morgan fingerprint density at radius 2 is 1.75 bits per heavy atom. The van der Waals surface area contributed by atoms with Crippen molar-refractivity contribution in [3.63, 3.8) is 0 Å². The van der Waals surface area contributed by atoms with E-state index in [1.54, 1.807) is 14.1 Å². The van der Waals surface area contributed by atoms with Gasteiger partial charge >= 0.3 is 19.8 Å². The van der Waals surface area contributed by atoms with Gasteiger partial charge in [-0.2, -0.15) is 44.4 Å². The number of carbonyl (C=O) groups excluding carboxylic acids is 1. The molecule has 0 saturated carbocycles. The molecule has 1 fully saturated rings. The van der Waals surface area contributed by atoms with Crippen LogP contribution in [0.4, 0.5) is 0 Å². The first-order valence-corrected chi connectivity index (χ1v) is 8.32. The van der Waals surface area contributed by atoms with E-state index in [-0.39, 0.29) is 25.7 Å². The summed E-state index contributed by atoms with van der Waals surface area (Å²) in [5.41, 5.74) is 0. The largest absolute Gasteiger partial charge is 2.00 e. The zero-order valence-electron chi connectivity index (χ0n) is 11.7. The van der Waals surface area contributed by atoms with Crippen LogP contribution in [-0.2, 0) is 35.4 Å². The number of carbonyl (C=O) groups is 1. The van der Waals surface area contributed by atoms with Crippen molar-refractivity contribution in [2.75, 3.05) is 25.6 Å². The van der Waals surface area contributed by atoms with Crippen LogP contribution in [0.15, 0.2) is 28.7 Å². The molecule has 0 N–H and O–H groups in total. The molecule has 6 heteroatoms. The summed E-state index contributed by atoms with van der Waals surface area (Å²) in [5, 5.41) is 3.50. The van der Waals surface area contributed by atoms with E-state index in [2.05, 4.69) is 27.3 Å². The van der Waals surface area contributed by atoms with E-state index in [1.807, 2.05) is 24.3 Å². The molecule has 1 saturated heterocycles. The van der Waals surface area contributed by atoms with Gasteiger partial charge in [0.1, 0.15) is 6.29 Å². The quantitative estimate of drug-likeness (QED) is 0.409. The Balaban J connectivity index is 0. The fourth-order valence-corrected chi connectivity index (χ4v) is 2.91. The minimum atomic E-state index is -0.621. The monoisotopic (exact) mass is 537 g/mol. The van der Waals surface area contributed by atoms with Gasteiger partial charge in [0, 0.05) is 28.2 Å². The Bertz CT molecular complexity index is 355. The van der Waals surface area contributed by atoms with E-state index in [9.17, 15) is 9.00 Å². The van der Waals surface area contributed by atoms with Crippen LogP contribution in [0, 0.1) is 12.0 Å². The Labute approximate surface area is 145 Å². The maximum atomic E-state index is 10.7. The Morgan fingerprint density at radius 3 is 2.05 bits per heavy atom. The number of hydrogen-bond donors (Lipinski definition) is 0. The third-order valence-electron chi connectivity index (χ3n) is 2.30. The van der Waals surface area contributed by atoms with Crippen molar-refractivity contribution >= 4 is 33.0 Å². The number of benzene rings is 1. The van der Waals surface area contributed by atoms with E-state index in [4.69, 9.17) is 0 Å². The summed E-state index contributed by atoms with van der Waals surface area (Å²) in [5.74, 6) is 1.65. The van der Waals surface area contributed by atoms with Crippen LogP contribution < -0.4 is 0 Å². The normalized spacial score (nSPS) is 20.1. The van der Waals surface area contributed by atoms with E-state index in [0.717, 1.165) is 35.1 Å². The SMILES string of the molecule is Brc1cc[c-]cc1.C[N-]C.O=CC1CCS(=O)CC1.[Os+2]. The van der Waals surface area contributed by atoms with Crippen molar-refractivity contribution in [2.45, 2.75) is 12.8 Å². The summed E-state index contributed by atoms with van der Waals surface area (Å²) in [4.78, 5) is 10.2. The molecule has 0 atom stereocenters. The van der Waals surface area contributed by atoms with Crippen LogP contribution in [0.5, 0.6) is 0 Å². The molecule has 1 aliphatic rings. The number of halogens is 1. The molecule has 3 nitrogen and oxygen atoms in total. The van der Waals surface area contributed by atoms with Crippen LogP contribution in [-0.4, -0.2) is 36.1 Å². The van der Waals surface area contributed by atoms with Gasteiger partial charge < -0.3 is 10.1 Å². The number of nitrogens with zero attached hydrogens (tertiary/aromatic N) is 1. The molecule has 0 bridgehead atoms. The summed E-state index contributed by atoms with van der Waals surface area (Å²) in [6, 6.07) is 10.5. The standard InChI is InChI=1S/C6H4Br.C6H10O2S.C2H6N.Os/c7-6-4-2-1-3-5-6;7-5-6-1-3-9(8)4-2-6;1-3-2;/h2-5H;5-6H,1-4H2;1-2H3;/q-1;;-1;+2. The van der Waals surface area contributed by atoms with Gasteiger partial charge in [-0.1, -0.05) is 20.4 Å². The van der Waals surface area contributed by atoms with Crippen molar-refractivity contribution in [2.24, 2.45) is 5.92 Å². The van der Waals surface area contributed by atoms with E-state index < -0.39 is 10.8 Å². The summed E-state index contributed by atoms with van der Waals surface area (Å²) >= 11 is 3.29. The zero-order valence-corrected chi connectivity index (χ0v) is 16.6. The molecule has 0 amide bonds. The van der Waals surface area contributed by atoms with Gasteiger partial charge in [0.05, 0.1) is 0 Å². The van der Waals surface area contributed by atoms with Gasteiger partial charge in [-0.3, -0.25) is 4.21 Å². The molecule has 0 spiro atoms. The van der Waals surface area contributed by atoms with Gasteiger partial charge in [-0.05, 0) is 12.8 Å². The molecule has 2 rings (SSSR count). The molecular weight excluding hydrogens is 516 g/mol. The first-order valence-electron chi connectivity index (χ1n) is 6.03. The predicted octanol–water partition coefficient (Wildman–Crippen LogP) is 3.21. The molecular formula is C14H20BrNO2OsS. The van der Waals surface area contributed by atoms with Gasteiger partial charge in [0.25, 0.3) is 0 Å². The van der Waals surface area contributed by atoms with Crippen molar-refractivity contribution < 1.29 is 28.8 Å². The molecule has 1 heterocycles. The fourth-order valence-electron chi connectivity index (χ4n) is 1.31. The molecule has 114 valence electrons. The smallest absolute Gasteiger partial charge is 0.668 e. The van der Waals surface area contributed by atoms with Crippen LogP contribution in [0.2, 0.25) is 0 Å². The van der Waals surface area contributed by atoms with E-state index in [1.165, 1.54) is 0 Å². The van der Waals surface area contributed by atoms with Crippen LogP contribution in [0.25, 0.3) is 5.32 Å². The molecule has 1 aliphatic heterocycles. The van der Waals surface area contributed by atoms with Gasteiger partial charge in [-0.15, -0.1) is 0 Å². The summed E-state index contributed by atoms with van der Waals surface area (Å²) in [7, 11) is 2.88. The minimum absolute atomic E-state index is 0. The van der Waals surface area contributed by atoms with Gasteiger partial charge in [-0.25, -0.2) is 0 Å². The second-order valence-corrected chi connectivity index (χ2v) is 6.60. The molecule has 0 aliphatic carbocycles. The molecule has 1 aromatic rings. The molecule has 0 radical (unpaired) electrons. The predicted molar refractivity (Wildman–Crippen MR) is 84.8 cm³/mol. The Morgan fingerprint density at radius 1 is 1.30 bits per heavy atom. The summed E-state index contributed by atoms with van der Waals surface area (Å²) in [6.45, 7) is 0. The molecule has 0 aromatic heterocycles. The minimum Gasteiger partial charge on any atom is -0.668 e. The van der Waals surface area contributed by atoms with Crippen molar-refractivity contribution in [3.05, 3.63) is 40.1 Å².